The monoisotopic (exact) mass is 261 g/mol. The van der Waals surface area contributed by atoms with Crippen molar-refractivity contribution in [1.82, 2.24) is 10.2 Å². The molecular weight excluding hydrogens is 234 g/mol. The van der Waals surface area contributed by atoms with E-state index in [1.807, 2.05) is 7.05 Å². The second-order valence-electron chi connectivity index (χ2n) is 7.03. The van der Waals surface area contributed by atoms with E-state index < -0.39 is 0 Å². The lowest BCUT2D eigenvalue weighted by molar-refractivity contribution is 0.113. The van der Waals surface area contributed by atoms with Gasteiger partial charge in [-0.05, 0) is 70.3 Å². The number of hydrogen-bond donors (Lipinski definition) is 1. The van der Waals surface area contributed by atoms with Crippen LogP contribution in [-0.4, -0.2) is 36.6 Å². The maximum Gasteiger partial charge on any atom is 0.108 e. The van der Waals surface area contributed by atoms with Crippen molar-refractivity contribution in [3.63, 3.8) is 0 Å². The average Bonchev–Trinajstić information content (AvgIpc) is 3.33. The third kappa shape index (κ3) is 3.30. The van der Waals surface area contributed by atoms with Crippen LogP contribution in [0.5, 0.6) is 0 Å². The van der Waals surface area contributed by atoms with Crippen LogP contribution >= 0.6 is 0 Å². The third-order valence-corrected chi connectivity index (χ3v) is 5.31. The van der Waals surface area contributed by atoms with Gasteiger partial charge in [-0.25, -0.2) is 0 Å². The summed E-state index contributed by atoms with van der Waals surface area (Å²) in [4.78, 5) is 2.75. The average molecular weight is 261 g/mol. The van der Waals surface area contributed by atoms with Crippen LogP contribution in [0.15, 0.2) is 0 Å². The number of nitrogens with one attached hydrogen (secondary N) is 1. The molecule has 0 aromatic carbocycles. The predicted octanol–water partition coefficient (Wildman–Crippen LogP) is 2.53. The summed E-state index contributed by atoms with van der Waals surface area (Å²) in [5.74, 6) is 1.93. The minimum Gasteiger partial charge on any atom is -0.302 e. The van der Waals surface area contributed by atoms with Gasteiger partial charge < -0.3 is 5.32 Å². The quantitative estimate of drug-likeness (QED) is 0.798. The van der Waals surface area contributed by atoms with E-state index in [0.29, 0.717) is 6.04 Å². The fourth-order valence-corrected chi connectivity index (χ4v) is 3.58. The van der Waals surface area contributed by atoms with Crippen LogP contribution in [0.25, 0.3) is 0 Å². The zero-order chi connectivity index (χ0) is 13.3. The van der Waals surface area contributed by atoms with Gasteiger partial charge >= 0.3 is 0 Å². The van der Waals surface area contributed by atoms with Crippen LogP contribution < -0.4 is 5.32 Å². The largest absolute Gasteiger partial charge is 0.302 e. The van der Waals surface area contributed by atoms with E-state index in [1.165, 1.54) is 51.6 Å². The van der Waals surface area contributed by atoms with Gasteiger partial charge in [0, 0.05) is 19.1 Å². The van der Waals surface area contributed by atoms with Crippen molar-refractivity contribution < 1.29 is 0 Å². The molecule has 0 aliphatic heterocycles. The van der Waals surface area contributed by atoms with Gasteiger partial charge in [0.1, 0.15) is 5.54 Å². The van der Waals surface area contributed by atoms with Gasteiger partial charge in [-0.1, -0.05) is 0 Å². The summed E-state index contributed by atoms with van der Waals surface area (Å²) in [6, 6.07) is 3.19. The molecule has 3 aliphatic rings. The Bertz CT molecular complexity index is 339. The van der Waals surface area contributed by atoms with E-state index in [0.717, 1.165) is 24.7 Å². The van der Waals surface area contributed by atoms with Gasteiger partial charge in [0.25, 0.3) is 0 Å². The fourth-order valence-electron chi connectivity index (χ4n) is 3.58. The zero-order valence-electron chi connectivity index (χ0n) is 12.2. The summed E-state index contributed by atoms with van der Waals surface area (Å²) in [6.07, 6.45) is 10.3. The molecule has 0 amide bonds. The molecule has 3 rings (SSSR count). The van der Waals surface area contributed by atoms with Crippen molar-refractivity contribution >= 4 is 0 Å². The van der Waals surface area contributed by atoms with Crippen LogP contribution in [0.1, 0.15) is 51.4 Å². The van der Waals surface area contributed by atoms with E-state index in [9.17, 15) is 5.26 Å². The number of hydrogen-bond acceptors (Lipinski definition) is 3. The summed E-state index contributed by atoms with van der Waals surface area (Å²) in [5.41, 5.74) is -0.256. The standard InChI is InChI=1S/C16H27N3/c1-18-16(12-17)8-2-3-15(9-16)19(10-13-4-5-13)11-14-6-7-14/h13-15,18H,2-11H2,1H3. The third-order valence-electron chi connectivity index (χ3n) is 5.31. The fraction of sp³-hybridized carbons (Fsp3) is 0.938. The first-order valence-corrected chi connectivity index (χ1v) is 8.09. The van der Waals surface area contributed by atoms with Crippen molar-refractivity contribution in [2.45, 2.75) is 62.9 Å². The molecule has 0 aromatic rings. The summed E-state index contributed by atoms with van der Waals surface area (Å²) < 4.78 is 0. The van der Waals surface area contributed by atoms with Crippen LogP contribution in [0.2, 0.25) is 0 Å². The number of rotatable bonds is 6. The van der Waals surface area contributed by atoms with Crippen LogP contribution in [0, 0.1) is 23.2 Å². The number of nitrogens with zero attached hydrogens (tertiary/aromatic N) is 2. The highest BCUT2D eigenvalue weighted by Crippen LogP contribution is 2.38. The van der Waals surface area contributed by atoms with Gasteiger partial charge in [-0.2, -0.15) is 5.26 Å². The van der Waals surface area contributed by atoms with E-state index in [-0.39, 0.29) is 5.54 Å². The molecule has 0 aromatic heterocycles. The molecule has 3 heteroatoms. The lowest BCUT2D eigenvalue weighted by atomic mass is 9.79. The molecule has 3 fully saturated rings. The molecule has 2 unspecified atom stereocenters. The number of nitriles is 1. The topological polar surface area (TPSA) is 39.1 Å². The predicted molar refractivity (Wildman–Crippen MR) is 76.7 cm³/mol. The first-order chi connectivity index (χ1) is 9.24. The molecule has 19 heavy (non-hydrogen) atoms. The molecule has 2 atom stereocenters. The summed E-state index contributed by atoms with van der Waals surface area (Å²) >= 11 is 0. The minimum atomic E-state index is -0.256. The zero-order valence-corrected chi connectivity index (χ0v) is 12.2. The smallest absolute Gasteiger partial charge is 0.108 e. The molecule has 3 nitrogen and oxygen atoms in total. The Balaban J connectivity index is 1.64. The summed E-state index contributed by atoms with van der Waals surface area (Å²) in [6.45, 7) is 2.60. The molecule has 3 saturated carbocycles. The van der Waals surface area contributed by atoms with Crippen LogP contribution in [0.4, 0.5) is 0 Å². The van der Waals surface area contributed by atoms with E-state index in [4.69, 9.17) is 0 Å². The molecule has 3 aliphatic carbocycles. The molecule has 106 valence electrons. The van der Waals surface area contributed by atoms with Crippen LogP contribution in [-0.2, 0) is 0 Å². The van der Waals surface area contributed by atoms with Gasteiger partial charge in [0.2, 0.25) is 0 Å². The molecule has 0 saturated heterocycles. The Morgan fingerprint density at radius 1 is 1.16 bits per heavy atom. The van der Waals surface area contributed by atoms with Crippen molar-refractivity contribution in [2.75, 3.05) is 20.1 Å². The second-order valence-corrected chi connectivity index (χ2v) is 7.03. The molecule has 1 N–H and O–H groups in total. The molecule has 0 bridgehead atoms. The van der Waals surface area contributed by atoms with Crippen molar-refractivity contribution in [3.05, 3.63) is 0 Å². The molecule has 0 spiro atoms. The highest BCUT2D eigenvalue weighted by molar-refractivity contribution is 5.10. The second kappa shape index (κ2) is 5.42. The van der Waals surface area contributed by atoms with Gasteiger partial charge in [-0.3, -0.25) is 4.90 Å². The van der Waals surface area contributed by atoms with Crippen molar-refractivity contribution in [3.8, 4) is 6.07 Å². The maximum atomic E-state index is 9.50. The molecular formula is C16H27N3. The van der Waals surface area contributed by atoms with E-state index in [1.54, 1.807) is 0 Å². The van der Waals surface area contributed by atoms with Crippen molar-refractivity contribution in [1.29, 1.82) is 5.26 Å². The normalized spacial score (nSPS) is 35.3. The first kappa shape index (κ1) is 13.4. The maximum absolute atomic E-state index is 9.50. The van der Waals surface area contributed by atoms with Gasteiger partial charge in [0.05, 0.1) is 6.07 Å². The minimum absolute atomic E-state index is 0.256. The Morgan fingerprint density at radius 2 is 1.79 bits per heavy atom. The highest BCUT2D eigenvalue weighted by atomic mass is 15.2. The lowest BCUT2D eigenvalue weighted by Gasteiger charge is -2.41. The lowest BCUT2D eigenvalue weighted by Crippen LogP contribution is -2.52. The Morgan fingerprint density at radius 3 is 2.26 bits per heavy atom. The molecule has 0 heterocycles. The van der Waals surface area contributed by atoms with Crippen LogP contribution in [0.3, 0.4) is 0 Å². The molecule has 0 radical (unpaired) electrons. The Hall–Kier alpha value is -0.590. The SMILES string of the molecule is CNC1(C#N)CCCC(N(CC2CC2)CC2CC2)C1. The first-order valence-electron chi connectivity index (χ1n) is 8.09. The summed E-state index contributed by atoms with van der Waals surface area (Å²) in [7, 11) is 1.96. The van der Waals surface area contributed by atoms with Crippen molar-refractivity contribution in [2.24, 2.45) is 11.8 Å². The van der Waals surface area contributed by atoms with E-state index >= 15 is 0 Å². The van der Waals surface area contributed by atoms with Gasteiger partial charge in [0.15, 0.2) is 0 Å². The van der Waals surface area contributed by atoms with Gasteiger partial charge in [-0.15, -0.1) is 0 Å². The summed E-state index contributed by atoms with van der Waals surface area (Å²) in [5, 5.41) is 12.8. The Kier molecular flexibility index (Phi) is 3.82. The van der Waals surface area contributed by atoms with E-state index in [2.05, 4.69) is 16.3 Å². The highest BCUT2D eigenvalue weighted by Gasteiger charge is 2.40. The Labute approximate surface area is 117 Å².